The summed E-state index contributed by atoms with van der Waals surface area (Å²) in [7, 11) is 0. The van der Waals surface area contributed by atoms with Crippen LogP contribution in [-0.4, -0.2) is 36.1 Å². The third-order valence-corrected chi connectivity index (χ3v) is 4.45. The van der Waals surface area contributed by atoms with Gasteiger partial charge < -0.3 is 15.4 Å². The zero-order chi connectivity index (χ0) is 15.1. The van der Waals surface area contributed by atoms with Crippen molar-refractivity contribution in [1.29, 1.82) is 0 Å². The van der Waals surface area contributed by atoms with E-state index in [0.29, 0.717) is 4.99 Å². The van der Waals surface area contributed by atoms with Crippen molar-refractivity contribution >= 4 is 17.2 Å². The minimum atomic E-state index is 0.427. The molecule has 116 valence electrons. The Morgan fingerprint density at radius 3 is 2.57 bits per heavy atom. The van der Waals surface area contributed by atoms with Crippen molar-refractivity contribution in [3.05, 3.63) is 29.8 Å². The molecule has 1 aromatic carbocycles. The van der Waals surface area contributed by atoms with E-state index in [4.69, 9.17) is 22.7 Å². The van der Waals surface area contributed by atoms with E-state index < -0.39 is 0 Å². The van der Waals surface area contributed by atoms with Crippen LogP contribution in [0.2, 0.25) is 0 Å². The molecule has 2 rings (SSSR count). The van der Waals surface area contributed by atoms with E-state index >= 15 is 0 Å². The van der Waals surface area contributed by atoms with E-state index in [-0.39, 0.29) is 0 Å². The van der Waals surface area contributed by atoms with Gasteiger partial charge in [0.25, 0.3) is 0 Å². The Labute approximate surface area is 133 Å². The number of hydrogen-bond donors (Lipinski definition) is 1. The van der Waals surface area contributed by atoms with Crippen molar-refractivity contribution in [1.82, 2.24) is 4.90 Å². The second-order valence-electron chi connectivity index (χ2n) is 5.78. The molecule has 0 spiro atoms. The van der Waals surface area contributed by atoms with Crippen molar-refractivity contribution < 1.29 is 4.74 Å². The quantitative estimate of drug-likeness (QED) is 0.561. The van der Waals surface area contributed by atoms with E-state index in [1.165, 1.54) is 25.8 Å². The first-order chi connectivity index (χ1) is 10.2. The highest BCUT2D eigenvalue weighted by atomic mass is 32.1. The number of nitrogens with zero attached hydrogens (tertiary/aromatic N) is 1. The molecule has 1 aliphatic rings. The maximum Gasteiger partial charge on any atom is 0.119 e. The Kier molecular flexibility index (Phi) is 6.46. The van der Waals surface area contributed by atoms with Crippen molar-refractivity contribution in [2.24, 2.45) is 11.7 Å². The summed E-state index contributed by atoms with van der Waals surface area (Å²) in [5, 5.41) is 0. The highest BCUT2D eigenvalue weighted by Gasteiger charge is 2.19. The monoisotopic (exact) mass is 306 g/mol. The lowest BCUT2D eigenvalue weighted by Gasteiger charge is -2.31. The fourth-order valence-electron chi connectivity index (χ4n) is 2.61. The van der Waals surface area contributed by atoms with Gasteiger partial charge in [0.05, 0.1) is 6.61 Å². The fourth-order valence-corrected chi connectivity index (χ4v) is 2.75. The normalized spacial score (nSPS) is 15.0. The van der Waals surface area contributed by atoms with Crippen LogP contribution in [0, 0.1) is 5.92 Å². The average molecular weight is 306 g/mol. The third-order valence-electron chi connectivity index (χ3n) is 4.21. The van der Waals surface area contributed by atoms with Gasteiger partial charge >= 0.3 is 0 Å². The molecule has 4 heteroatoms. The number of ether oxygens (including phenoxy) is 1. The maximum atomic E-state index is 5.77. The molecule has 1 fully saturated rings. The topological polar surface area (TPSA) is 38.5 Å². The predicted octanol–water partition coefficient (Wildman–Crippen LogP) is 3.21. The molecule has 1 aromatic rings. The third kappa shape index (κ3) is 5.29. The lowest BCUT2D eigenvalue weighted by atomic mass is 9.85. The summed E-state index contributed by atoms with van der Waals surface area (Å²) in [6.45, 7) is 6.53. The van der Waals surface area contributed by atoms with Gasteiger partial charge in [-0.3, -0.25) is 0 Å². The summed E-state index contributed by atoms with van der Waals surface area (Å²) in [5.41, 5.74) is 6.46. The van der Waals surface area contributed by atoms with Gasteiger partial charge in [0.15, 0.2) is 0 Å². The number of nitrogens with two attached hydrogens (primary N) is 1. The van der Waals surface area contributed by atoms with Gasteiger partial charge in [0, 0.05) is 18.7 Å². The fraction of sp³-hybridized carbons (Fsp3) is 0.588. The van der Waals surface area contributed by atoms with Crippen molar-refractivity contribution in [2.45, 2.75) is 32.6 Å². The molecule has 0 aliphatic heterocycles. The Hall–Kier alpha value is -1.13. The molecule has 0 atom stereocenters. The summed E-state index contributed by atoms with van der Waals surface area (Å²) in [6.07, 6.45) is 5.33. The van der Waals surface area contributed by atoms with Crippen LogP contribution in [0.5, 0.6) is 5.75 Å². The van der Waals surface area contributed by atoms with Crippen LogP contribution in [0.1, 0.15) is 38.2 Å². The molecule has 3 nitrogen and oxygen atoms in total. The largest absolute Gasteiger partial charge is 0.494 e. The first-order valence-corrected chi connectivity index (χ1v) is 8.35. The smallest absolute Gasteiger partial charge is 0.119 e. The summed E-state index contributed by atoms with van der Waals surface area (Å²) >= 11 is 4.93. The Morgan fingerprint density at radius 1 is 1.33 bits per heavy atom. The summed E-state index contributed by atoms with van der Waals surface area (Å²) in [5.74, 6) is 1.83. The molecule has 1 aliphatic carbocycles. The molecule has 0 heterocycles. The van der Waals surface area contributed by atoms with Gasteiger partial charge in [-0.1, -0.05) is 25.6 Å². The Morgan fingerprint density at radius 2 is 2.05 bits per heavy atom. The standard InChI is InChI=1S/C17H26N2OS/c1-2-19(13-14-5-3-6-14)11-4-12-20-16-9-7-15(8-10-16)17(18)21/h7-10,14H,2-6,11-13H2,1H3,(H2,18,21). The molecule has 0 unspecified atom stereocenters. The van der Waals surface area contributed by atoms with Crippen LogP contribution < -0.4 is 10.5 Å². The highest BCUT2D eigenvalue weighted by molar-refractivity contribution is 7.80. The van der Waals surface area contributed by atoms with Crippen LogP contribution in [0.25, 0.3) is 0 Å². The summed E-state index contributed by atoms with van der Waals surface area (Å²) in [6, 6.07) is 7.68. The average Bonchev–Trinajstić information content (AvgIpc) is 2.45. The Balaban J connectivity index is 1.64. The SMILES string of the molecule is CCN(CCCOc1ccc(C(N)=S)cc1)CC1CCC1. The number of benzene rings is 1. The second kappa shape index (κ2) is 8.35. The van der Waals surface area contributed by atoms with E-state index in [9.17, 15) is 0 Å². The van der Waals surface area contributed by atoms with Gasteiger partial charge in [0.2, 0.25) is 0 Å². The molecule has 0 amide bonds. The Bertz CT molecular complexity index is 443. The van der Waals surface area contributed by atoms with Crippen LogP contribution in [0.4, 0.5) is 0 Å². The van der Waals surface area contributed by atoms with Crippen LogP contribution in [0.15, 0.2) is 24.3 Å². The summed E-state index contributed by atoms with van der Waals surface area (Å²) in [4.78, 5) is 2.97. The molecular weight excluding hydrogens is 280 g/mol. The van der Waals surface area contributed by atoms with Gasteiger partial charge in [0.1, 0.15) is 10.7 Å². The molecule has 0 bridgehead atoms. The van der Waals surface area contributed by atoms with Gasteiger partial charge in [-0.15, -0.1) is 0 Å². The van der Waals surface area contributed by atoms with E-state index in [0.717, 1.165) is 43.3 Å². The van der Waals surface area contributed by atoms with Crippen LogP contribution in [-0.2, 0) is 0 Å². The molecule has 2 N–H and O–H groups in total. The molecule has 0 radical (unpaired) electrons. The van der Waals surface area contributed by atoms with Crippen molar-refractivity contribution in [3.63, 3.8) is 0 Å². The number of rotatable bonds is 9. The van der Waals surface area contributed by atoms with Crippen molar-refractivity contribution in [3.8, 4) is 5.75 Å². The maximum absolute atomic E-state index is 5.77. The molecule has 1 saturated carbocycles. The van der Waals surface area contributed by atoms with E-state index in [1.807, 2.05) is 24.3 Å². The van der Waals surface area contributed by atoms with Crippen LogP contribution >= 0.6 is 12.2 Å². The predicted molar refractivity (Wildman–Crippen MR) is 91.9 cm³/mol. The second-order valence-corrected chi connectivity index (χ2v) is 6.22. The van der Waals surface area contributed by atoms with Gasteiger partial charge in [-0.05, 0) is 56.0 Å². The first-order valence-electron chi connectivity index (χ1n) is 7.94. The molecular formula is C17H26N2OS. The van der Waals surface area contributed by atoms with Crippen LogP contribution in [0.3, 0.4) is 0 Å². The zero-order valence-corrected chi connectivity index (χ0v) is 13.7. The number of hydrogen-bond acceptors (Lipinski definition) is 3. The lowest BCUT2D eigenvalue weighted by molar-refractivity contribution is 0.172. The van der Waals surface area contributed by atoms with Gasteiger partial charge in [-0.25, -0.2) is 0 Å². The minimum absolute atomic E-state index is 0.427. The number of thiocarbonyl (C=S) groups is 1. The zero-order valence-electron chi connectivity index (χ0n) is 12.9. The van der Waals surface area contributed by atoms with Gasteiger partial charge in [-0.2, -0.15) is 0 Å². The first kappa shape index (κ1) is 16.2. The molecule has 0 aromatic heterocycles. The summed E-state index contributed by atoms with van der Waals surface area (Å²) < 4.78 is 5.77. The highest BCUT2D eigenvalue weighted by Crippen LogP contribution is 2.27. The molecule has 0 saturated heterocycles. The van der Waals surface area contributed by atoms with Crippen molar-refractivity contribution in [2.75, 3.05) is 26.2 Å². The minimum Gasteiger partial charge on any atom is -0.494 e. The van der Waals surface area contributed by atoms with E-state index in [1.54, 1.807) is 0 Å². The lowest BCUT2D eigenvalue weighted by Crippen LogP contribution is -2.33. The van der Waals surface area contributed by atoms with E-state index in [2.05, 4.69) is 11.8 Å². The molecule has 21 heavy (non-hydrogen) atoms.